The Morgan fingerprint density at radius 1 is 1.21 bits per heavy atom. The summed E-state index contributed by atoms with van der Waals surface area (Å²) in [6, 6.07) is 0.191. The van der Waals surface area contributed by atoms with E-state index in [-0.39, 0.29) is 29.3 Å². The average Bonchev–Trinajstić information content (AvgIpc) is 3.43. The van der Waals surface area contributed by atoms with E-state index < -0.39 is 0 Å². The van der Waals surface area contributed by atoms with Crippen molar-refractivity contribution in [2.75, 3.05) is 24.6 Å². The van der Waals surface area contributed by atoms with E-state index in [0.29, 0.717) is 42.5 Å². The molecule has 10 atom stereocenters. The van der Waals surface area contributed by atoms with Crippen molar-refractivity contribution in [3.05, 3.63) is 22.8 Å². The van der Waals surface area contributed by atoms with Gasteiger partial charge in [0.1, 0.15) is 0 Å². The van der Waals surface area contributed by atoms with Crippen molar-refractivity contribution in [1.82, 2.24) is 4.90 Å². The van der Waals surface area contributed by atoms with E-state index in [0.717, 1.165) is 56.1 Å². The molecule has 0 aromatic carbocycles. The molecule has 0 aromatic rings. The molecule has 218 valence electrons. The minimum absolute atomic E-state index is 0.147. The van der Waals surface area contributed by atoms with Gasteiger partial charge in [-0.2, -0.15) is 0 Å². The van der Waals surface area contributed by atoms with E-state index in [1.165, 1.54) is 30.4 Å². The number of hydrogen-bond acceptors (Lipinski definition) is 6. The van der Waals surface area contributed by atoms with Crippen LogP contribution in [0, 0.1) is 35.0 Å². The number of rotatable bonds is 6. The molecule has 0 aromatic heterocycles. The topological polar surface area (TPSA) is 75.8 Å². The minimum atomic E-state index is -0.219. The lowest BCUT2D eigenvalue weighted by atomic mass is 9.56. The van der Waals surface area contributed by atoms with E-state index in [4.69, 9.17) is 10.5 Å². The fourth-order valence-corrected chi connectivity index (χ4v) is 11.9. The molecule has 39 heavy (non-hydrogen) atoms. The maximum absolute atomic E-state index is 13.6. The normalized spacial score (nSPS) is 45.1. The standard InChI is InChI=1S/C32H50N2O3S2/c1-19-15-28-30(34(18-19)29(36)9-13-38-39-14-12-33)21(3)32(37-28)11-8-24-25-6-5-22-16-23(35)7-10-31(22,4)27(25)17-26(24)20(32)2/h5,19,21,23-25,27-28,30,35H,6-18,33H2,1-4H3/t19-,21+,23-,24-,25-,27-,28+,30-,31-,32-/m0/s1. The largest absolute Gasteiger partial charge is 0.393 e. The summed E-state index contributed by atoms with van der Waals surface area (Å²) < 4.78 is 7.21. The van der Waals surface area contributed by atoms with Crippen LogP contribution in [0.5, 0.6) is 0 Å². The molecule has 1 amide bonds. The molecule has 7 heteroatoms. The first-order valence-electron chi connectivity index (χ1n) is 15.7. The van der Waals surface area contributed by atoms with Gasteiger partial charge in [0.2, 0.25) is 5.91 Å². The summed E-state index contributed by atoms with van der Waals surface area (Å²) in [6.07, 6.45) is 11.8. The quantitative estimate of drug-likeness (QED) is 0.231. The van der Waals surface area contributed by atoms with Gasteiger partial charge in [-0.1, -0.05) is 59.6 Å². The van der Waals surface area contributed by atoms with Crippen molar-refractivity contribution < 1.29 is 14.6 Å². The third kappa shape index (κ3) is 4.69. The molecule has 3 N–H and O–H groups in total. The van der Waals surface area contributed by atoms with E-state index >= 15 is 0 Å². The summed E-state index contributed by atoms with van der Waals surface area (Å²) in [5.74, 6) is 5.01. The van der Waals surface area contributed by atoms with Crippen molar-refractivity contribution in [2.45, 2.75) is 109 Å². The van der Waals surface area contributed by atoms with Crippen LogP contribution in [-0.4, -0.2) is 64.4 Å². The summed E-state index contributed by atoms with van der Waals surface area (Å²) in [7, 11) is 3.56. The Balaban J connectivity index is 1.23. The molecule has 2 aliphatic heterocycles. The van der Waals surface area contributed by atoms with Gasteiger partial charge in [-0.25, -0.2) is 0 Å². The number of ether oxygens (including phenoxy) is 1. The zero-order chi connectivity index (χ0) is 27.5. The van der Waals surface area contributed by atoms with Gasteiger partial charge in [0.05, 0.1) is 23.9 Å². The first-order valence-corrected chi connectivity index (χ1v) is 18.2. The van der Waals surface area contributed by atoms with E-state index in [1.807, 2.05) is 0 Å². The molecule has 5 nitrogen and oxygen atoms in total. The van der Waals surface area contributed by atoms with Gasteiger partial charge in [-0.15, -0.1) is 0 Å². The number of aliphatic hydroxyl groups excluding tert-OH is 1. The van der Waals surface area contributed by atoms with Crippen LogP contribution in [0.4, 0.5) is 0 Å². The highest BCUT2D eigenvalue weighted by atomic mass is 33.1. The maximum atomic E-state index is 13.6. The second-order valence-corrected chi connectivity index (χ2v) is 16.6. The van der Waals surface area contributed by atoms with Crippen molar-refractivity contribution in [2.24, 2.45) is 40.7 Å². The summed E-state index contributed by atoms with van der Waals surface area (Å²) >= 11 is 0. The third-order valence-corrected chi connectivity index (χ3v) is 14.4. The van der Waals surface area contributed by atoms with E-state index in [9.17, 15) is 9.90 Å². The molecule has 2 heterocycles. The number of nitrogens with zero attached hydrogens (tertiary/aromatic N) is 1. The van der Waals surface area contributed by atoms with Gasteiger partial charge >= 0.3 is 0 Å². The fraction of sp³-hybridized carbons (Fsp3) is 0.844. The van der Waals surface area contributed by atoms with Crippen molar-refractivity contribution >= 4 is 27.5 Å². The first kappa shape index (κ1) is 28.6. The fourth-order valence-electron chi connectivity index (χ4n) is 10.0. The molecule has 4 aliphatic carbocycles. The predicted molar refractivity (Wildman–Crippen MR) is 162 cm³/mol. The summed E-state index contributed by atoms with van der Waals surface area (Å²) in [5.41, 5.74) is 10.4. The lowest BCUT2D eigenvalue weighted by molar-refractivity contribution is -0.139. The predicted octanol–water partition coefficient (Wildman–Crippen LogP) is 5.97. The monoisotopic (exact) mass is 574 g/mol. The van der Waals surface area contributed by atoms with Gasteiger partial charge in [0, 0.05) is 36.9 Å². The van der Waals surface area contributed by atoms with Gasteiger partial charge in [0.15, 0.2) is 0 Å². The number of amides is 1. The Bertz CT molecular complexity index is 1030. The Kier molecular flexibility index (Phi) is 8.06. The van der Waals surface area contributed by atoms with Crippen molar-refractivity contribution in [1.29, 1.82) is 0 Å². The van der Waals surface area contributed by atoms with Crippen molar-refractivity contribution in [3.8, 4) is 0 Å². The van der Waals surface area contributed by atoms with Gasteiger partial charge < -0.3 is 20.5 Å². The van der Waals surface area contributed by atoms with Crippen LogP contribution >= 0.6 is 21.6 Å². The highest BCUT2D eigenvalue weighted by molar-refractivity contribution is 8.76. The number of likely N-dealkylation sites (tertiary alicyclic amines) is 1. The summed E-state index contributed by atoms with van der Waals surface area (Å²) in [6.45, 7) is 11.1. The van der Waals surface area contributed by atoms with Crippen molar-refractivity contribution in [3.63, 3.8) is 0 Å². The van der Waals surface area contributed by atoms with Crippen LogP contribution < -0.4 is 5.73 Å². The Morgan fingerprint density at radius 2 is 2.00 bits per heavy atom. The zero-order valence-corrected chi connectivity index (χ0v) is 26.1. The van der Waals surface area contributed by atoms with Crippen LogP contribution in [0.2, 0.25) is 0 Å². The molecule has 6 rings (SSSR count). The van der Waals surface area contributed by atoms with Gasteiger partial charge in [-0.05, 0) is 93.0 Å². The third-order valence-electron chi connectivity index (χ3n) is 12.0. The molecule has 1 spiro atoms. The molecule has 2 saturated heterocycles. The SMILES string of the molecule is CC1=C2C[C@H]3[C@@H](CC=C4C[C@@H](O)CC[C@@]43C)[C@@H]2CC[C@]12O[C@@H]1C[C@H](C)CN(C(=O)CCSSCCN)[C@H]1[C@H]2C. The molecule has 0 unspecified atom stereocenters. The minimum Gasteiger partial charge on any atom is -0.393 e. The smallest absolute Gasteiger partial charge is 0.223 e. The highest BCUT2D eigenvalue weighted by Crippen LogP contribution is 2.65. The van der Waals surface area contributed by atoms with E-state index in [1.54, 1.807) is 27.2 Å². The van der Waals surface area contributed by atoms with Crippen LogP contribution in [0.15, 0.2) is 22.8 Å². The molecule has 0 bridgehead atoms. The number of nitrogens with two attached hydrogens (primary N) is 1. The Hall–Kier alpha value is -0.470. The van der Waals surface area contributed by atoms with Gasteiger partial charge in [-0.3, -0.25) is 4.79 Å². The second-order valence-electron chi connectivity index (χ2n) is 13.9. The summed E-state index contributed by atoms with van der Waals surface area (Å²) in [4.78, 5) is 15.8. The molecular weight excluding hydrogens is 524 g/mol. The zero-order valence-electron chi connectivity index (χ0n) is 24.5. The molecule has 0 radical (unpaired) electrons. The number of fused-ring (bicyclic) bond motifs is 6. The summed E-state index contributed by atoms with van der Waals surface area (Å²) in [5, 5.41) is 10.4. The molecule has 6 aliphatic rings. The first-order chi connectivity index (χ1) is 18.7. The Morgan fingerprint density at radius 3 is 2.79 bits per heavy atom. The van der Waals surface area contributed by atoms with Crippen LogP contribution in [-0.2, 0) is 9.53 Å². The second kappa shape index (κ2) is 11.0. The molecule has 4 fully saturated rings. The number of piperidine rings is 1. The number of aliphatic hydroxyl groups is 1. The Labute approximate surface area is 243 Å². The lowest BCUT2D eigenvalue weighted by Crippen LogP contribution is -2.54. The molecule has 2 saturated carbocycles. The van der Waals surface area contributed by atoms with Crippen LogP contribution in [0.25, 0.3) is 0 Å². The highest BCUT2D eigenvalue weighted by Gasteiger charge is 2.62. The van der Waals surface area contributed by atoms with Crippen LogP contribution in [0.3, 0.4) is 0 Å². The lowest BCUT2D eigenvalue weighted by Gasteiger charge is -2.49. The average molecular weight is 575 g/mol. The number of carbonyl (C=O) groups excluding carboxylic acids is 1. The van der Waals surface area contributed by atoms with Crippen LogP contribution in [0.1, 0.15) is 85.5 Å². The number of hydrogen-bond donors (Lipinski definition) is 2. The number of carbonyl (C=O) groups is 1. The van der Waals surface area contributed by atoms with E-state index in [2.05, 4.69) is 38.7 Å². The number of allylic oxidation sites excluding steroid dienone is 2. The maximum Gasteiger partial charge on any atom is 0.223 e. The van der Waals surface area contributed by atoms with Gasteiger partial charge in [0.25, 0.3) is 0 Å². The molecular formula is C32H50N2O3S2.